The van der Waals surface area contributed by atoms with Gasteiger partial charge in [-0.25, -0.2) is 4.79 Å². The number of aliphatic carboxylic acids is 1. The zero-order valence-electron chi connectivity index (χ0n) is 12.6. The van der Waals surface area contributed by atoms with Crippen molar-refractivity contribution in [3.63, 3.8) is 0 Å². The van der Waals surface area contributed by atoms with Crippen LogP contribution in [-0.4, -0.2) is 39.3 Å². The molecule has 2 atom stereocenters. The molecule has 0 aliphatic carbocycles. The minimum atomic E-state index is -1.20. The van der Waals surface area contributed by atoms with Crippen molar-refractivity contribution in [1.82, 2.24) is 5.32 Å². The van der Waals surface area contributed by atoms with E-state index in [0.717, 1.165) is 0 Å². The van der Waals surface area contributed by atoms with E-state index in [1.807, 2.05) is 13.8 Å². The molecule has 1 aromatic rings. The predicted molar refractivity (Wildman–Crippen MR) is 80.5 cm³/mol. The summed E-state index contributed by atoms with van der Waals surface area (Å²) in [7, 11) is 0. The molecule has 0 aliphatic heterocycles. The van der Waals surface area contributed by atoms with Gasteiger partial charge in [0.05, 0.1) is 6.04 Å². The molecule has 0 radical (unpaired) electrons. The first kappa shape index (κ1) is 17.8. The molecule has 0 spiro atoms. The van der Waals surface area contributed by atoms with Crippen LogP contribution in [0.2, 0.25) is 0 Å². The van der Waals surface area contributed by atoms with Crippen molar-refractivity contribution in [3.8, 4) is 11.5 Å². The van der Waals surface area contributed by atoms with E-state index in [0.29, 0.717) is 12.0 Å². The first-order chi connectivity index (χ1) is 10.2. The minimum absolute atomic E-state index is 0.0245. The van der Waals surface area contributed by atoms with Crippen LogP contribution in [0.4, 0.5) is 0 Å². The number of carboxylic acid groups (broad SMARTS) is 1. The lowest BCUT2D eigenvalue weighted by Gasteiger charge is -2.19. The van der Waals surface area contributed by atoms with E-state index in [2.05, 4.69) is 5.32 Å². The summed E-state index contributed by atoms with van der Waals surface area (Å²) in [4.78, 5) is 23.2. The zero-order chi connectivity index (χ0) is 16.9. The SMILES string of the molecule is CC(C)CC(N)C(=O)N[C@@H](Cc1ccc(O)c(O)c1)C(=O)O. The van der Waals surface area contributed by atoms with Gasteiger partial charge in [-0.1, -0.05) is 19.9 Å². The Morgan fingerprint density at radius 2 is 1.86 bits per heavy atom. The smallest absolute Gasteiger partial charge is 0.326 e. The van der Waals surface area contributed by atoms with E-state index in [-0.39, 0.29) is 23.8 Å². The maximum absolute atomic E-state index is 11.9. The van der Waals surface area contributed by atoms with Crippen LogP contribution >= 0.6 is 0 Å². The molecule has 0 saturated heterocycles. The Balaban J connectivity index is 2.75. The van der Waals surface area contributed by atoms with Crippen molar-refractivity contribution in [2.24, 2.45) is 11.7 Å². The lowest BCUT2D eigenvalue weighted by atomic mass is 10.0. The summed E-state index contributed by atoms with van der Waals surface area (Å²) in [6, 6.07) is 2.07. The topological polar surface area (TPSA) is 133 Å². The molecule has 7 nitrogen and oxygen atoms in total. The molecular formula is C15H22N2O5. The maximum Gasteiger partial charge on any atom is 0.326 e. The van der Waals surface area contributed by atoms with Crippen LogP contribution in [0.1, 0.15) is 25.8 Å². The normalized spacial score (nSPS) is 13.6. The lowest BCUT2D eigenvalue weighted by molar-refractivity contribution is -0.142. The Labute approximate surface area is 128 Å². The number of hydrogen-bond acceptors (Lipinski definition) is 5. The molecule has 0 fully saturated rings. The van der Waals surface area contributed by atoms with Crippen LogP contribution in [0.5, 0.6) is 11.5 Å². The molecule has 1 aromatic carbocycles. The number of phenolic OH excluding ortho intramolecular Hbond substituents is 2. The third-order valence-corrected chi connectivity index (χ3v) is 3.16. The third-order valence-electron chi connectivity index (χ3n) is 3.16. The van der Waals surface area contributed by atoms with Crippen molar-refractivity contribution in [2.45, 2.75) is 38.8 Å². The van der Waals surface area contributed by atoms with Gasteiger partial charge in [0, 0.05) is 6.42 Å². The molecule has 0 aromatic heterocycles. The fourth-order valence-electron chi connectivity index (χ4n) is 2.03. The summed E-state index contributed by atoms with van der Waals surface area (Å²) in [6.07, 6.45) is 0.432. The second-order valence-corrected chi connectivity index (χ2v) is 5.66. The van der Waals surface area contributed by atoms with Gasteiger partial charge >= 0.3 is 5.97 Å². The van der Waals surface area contributed by atoms with Gasteiger partial charge in [0.25, 0.3) is 0 Å². The Morgan fingerprint density at radius 3 is 2.36 bits per heavy atom. The fraction of sp³-hybridized carbons (Fsp3) is 0.467. The first-order valence-corrected chi connectivity index (χ1v) is 7.00. The number of amides is 1. The molecule has 0 bridgehead atoms. The number of aromatic hydroxyl groups is 2. The average Bonchev–Trinajstić information content (AvgIpc) is 2.41. The highest BCUT2D eigenvalue weighted by atomic mass is 16.4. The molecule has 122 valence electrons. The number of carboxylic acids is 1. The van der Waals surface area contributed by atoms with E-state index in [4.69, 9.17) is 5.73 Å². The Morgan fingerprint density at radius 1 is 1.23 bits per heavy atom. The van der Waals surface area contributed by atoms with Crippen LogP contribution in [0.3, 0.4) is 0 Å². The first-order valence-electron chi connectivity index (χ1n) is 7.00. The van der Waals surface area contributed by atoms with Crippen molar-refractivity contribution >= 4 is 11.9 Å². The summed E-state index contributed by atoms with van der Waals surface area (Å²) in [5, 5.41) is 30.3. The zero-order valence-corrected chi connectivity index (χ0v) is 12.6. The summed E-state index contributed by atoms with van der Waals surface area (Å²) in [6.45, 7) is 3.84. The molecule has 7 heteroatoms. The van der Waals surface area contributed by atoms with E-state index in [1.54, 1.807) is 0 Å². The molecule has 22 heavy (non-hydrogen) atoms. The highest BCUT2D eigenvalue weighted by Gasteiger charge is 2.24. The molecule has 0 heterocycles. The number of carbonyl (C=O) groups excluding carboxylic acids is 1. The van der Waals surface area contributed by atoms with Gasteiger partial charge in [-0.2, -0.15) is 0 Å². The van der Waals surface area contributed by atoms with Gasteiger partial charge in [0.1, 0.15) is 6.04 Å². The van der Waals surface area contributed by atoms with Gasteiger partial charge in [-0.05, 0) is 30.0 Å². The van der Waals surface area contributed by atoms with Crippen molar-refractivity contribution in [2.75, 3.05) is 0 Å². The fourth-order valence-corrected chi connectivity index (χ4v) is 2.03. The van der Waals surface area contributed by atoms with Gasteiger partial charge < -0.3 is 26.4 Å². The number of nitrogens with two attached hydrogens (primary N) is 1. The standard InChI is InChI=1S/C15H22N2O5/c1-8(2)5-10(16)14(20)17-11(15(21)22)6-9-3-4-12(18)13(19)7-9/h3-4,7-8,10-11,18-19H,5-6,16H2,1-2H3,(H,17,20)(H,21,22)/t10?,11-/m0/s1. The lowest BCUT2D eigenvalue weighted by Crippen LogP contribution is -2.49. The largest absolute Gasteiger partial charge is 0.504 e. The Kier molecular flexibility index (Phi) is 6.18. The molecule has 0 aliphatic rings. The summed E-state index contributed by atoms with van der Waals surface area (Å²) >= 11 is 0. The molecule has 6 N–H and O–H groups in total. The number of hydrogen-bond donors (Lipinski definition) is 5. The number of phenols is 2. The highest BCUT2D eigenvalue weighted by molar-refractivity contribution is 5.86. The van der Waals surface area contributed by atoms with E-state index >= 15 is 0 Å². The second kappa shape index (κ2) is 7.65. The van der Waals surface area contributed by atoms with Gasteiger partial charge in [-0.3, -0.25) is 4.79 Å². The predicted octanol–water partition coefficient (Wildman–Crippen LogP) is 0.583. The summed E-state index contributed by atoms with van der Waals surface area (Å²) in [5.74, 6) is -2.14. The van der Waals surface area contributed by atoms with E-state index in [1.165, 1.54) is 18.2 Å². The highest BCUT2D eigenvalue weighted by Crippen LogP contribution is 2.25. The number of nitrogens with one attached hydrogen (secondary N) is 1. The van der Waals surface area contributed by atoms with Crippen molar-refractivity contribution in [3.05, 3.63) is 23.8 Å². The molecular weight excluding hydrogens is 288 g/mol. The molecule has 1 unspecified atom stereocenters. The van der Waals surface area contributed by atoms with E-state index < -0.39 is 24.0 Å². The molecule has 1 amide bonds. The van der Waals surface area contributed by atoms with E-state index in [9.17, 15) is 24.9 Å². The van der Waals surface area contributed by atoms with Crippen LogP contribution < -0.4 is 11.1 Å². The van der Waals surface area contributed by atoms with Gasteiger partial charge in [0.15, 0.2) is 11.5 Å². The second-order valence-electron chi connectivity index (χ2n) is 5.66. The van der Waals surface area contributed by atoms with Crippen molar-refractivity contribution in [1.29, 1.82) is 0 Å². The van der Waals surface area contributed by atoms with Crippen LogP contribution in [0.15, 0.2) is 18.2 Å². The average molecular weight is 310 g/mol. The van der Waals surface area contributed by atoms with Gasteiger partial charge in [-0.15, -0.1) is 0 Å². The van der Waals surface area contributed by atoms with Crippen LogP contribution in [0, 0.1) is 5.92 Å². The Hall–Kier alpha value is -2.28. The molecule has 1 rings (SSSR count). The van der Waals surface area contributed by atoms with Gasteiger partial charge in [0.2, 0.25) is 5.91 Å². The van der Waals surface area contributed by atoms with Crippen LogP contribution in [-0.2, 0) is 16.0 Å². The maximum atomic E-state index is 11.9. The Bertz CT molecular complexity index is 545. The third kappa shape index (κ3) is 5.25. The quantitative estimate of drug-likeness (QED) is 0.468. The van der Waals surface area contributed by atoms with Crippen LogP contribution in [0.25, 0.3) is 0 Å². The minimum Gasteiger partial charge on any atom is -0.504 e. The van der Waals surface area contributed by atoms with Crippen molar-refractivity contribution < 1.29 is 24.9 Å². The number of benzene rings is 1. The number of carbonyl (C=O) groups is 2. The molecule has 0 saturated carbocycles. The number of rotatable bonds is 7. The summed E-state index contributed by atoms with van der Waals surface area (Å²) < 4.78 is 0. The summed E-state index contributed by atoms with van der Waals surface area (Å²) in [5.41, 5.74) is 6.20. The monoisotopic (exact) mass is 310 g/mol.